The molecule has 0 N–H and O–H groups in total. The maximum absolute atomic E-state index is 6.25. The fraction of sp³-hybridized carbons (Fsp3) is 0. The molecule has 12 aromatic rings. The Morgan fingerprint density at radius 2 is 1.16 bits per heavy atom. The SMILES string of the molecule is c1ccc(N(c2nc(-c3ccc4oc5ccccc5c4c3)nc(-c3cccc4c5ccccc5n(-c5ccccc5)c34)n2)c2cccc3sc4ccccc4c23)cc1. The van der Waals surface area contributed by atoms with Gasteiger partial charge in [0.05, 0.1) is 16.7 Å². The molecule has 0 unspecified atom stereocenters. The average molecular weight is 762 g/mol. The summed E-state index contributed by atoms with van der Waals surface area (Å²) in [6.45, 7) is 0. The van der Waals surface area contributed by atoms with Crippen molar-refractivity contribution in [2.75, 3.05) is 4.90 Å². The van der Waals surface area contributed by atoms with Gasteiger partial charge in [0.2, 0.25) is 5.95 Å². The van der Waals surface area contributed by atoms with E-state index < -0.39 is 0 Å². The van der Waals surface area contributed by atoms with Gasteiger partial charge in [0.15, 0.2) is 11.6 Å². The van der Waals surface area contributed by atoms with E-state index in [1.165, 1.54) is 14.8 Å². The van der Waals surface area contributed by atoms with E-state index >= 15 is 0 Å². The number of fused-ring (bicyclic) bond motifs is 9. The van der Waals surface area contributed by atoms with Crippen molar-refractivity contribution in [1.29, 1.82) is 0 Å². The van der Waals surface area contributed by atoms with Crippen LogP contribution < -0.4 is 4.90 Å². The van der Waals surface area contributed by atoms with Crippen molar-refractivity contribution in [3.8, 4) is 28.5 Å². The summed E-state index contributed by atoms with van der Waals surface area (Å²) in [6, 6.07) is 65.4. The monoisotopic (exact) mass is 761 g/mol. The molecule has 0 amide bonds. The van der Waals surface area contributed by atoms with Crippen LogP contribution >= 0.6 is 11.3 Å². The summed E-state index contributed by atoms with van der Waals surface area (Å²) in [6.07, 6.45) is 0. The van der Waals surface area contributed by atoms with Crippen LogP contribution in [0.25, 0.3) is 92.4 Å². The lowest BCUT2D eigenvalue weighted by Gasteiger charge is -2.25. The number of nitrogens with zero attached hydrogens (tertiary/aromatic N) is 5. The van der Waals surface area contributed by atoms with Crippen molar-refractivity contribution in [3.05, 3.63) is 188 Å². The maximum Gasteiger partial charge on any atom is 0.238 e. The number of aromatic nitrogens is 4. The molecule has 7 heteroatoms. The van der Waals surface area contributed by atoms with Gasteiger partial charge in [-0.05, 0) is 78.9 Å². The molecular formula is C51H31N5OS. The minimum atomic E-state index is 0.519. The standard InChI is InChI=1S/C51H31N5OS/c1-3-15-33(16-4-1)55-41-24-10-7-19-35(41)37-22-13-23-39(48(37)55)50-52-49(32-29-30-44-40(31-32)36-20-8-11-26-43(36)57-44)53-51(54-50)56(34-17-5-2-6-18-34)42-25-14-28-46-47(42)38-21-9-12-27-45(38)58-46/h1-31H. The number of hydrogen-bond acceptors (Lipinski definition) is 6. The van der Waals surface area contributed by atoms with Gasteiger partial charge in [0, 0.05) is 64.2 Å². The Bertz CT molecular complexity index is 3530. The van der Waals surface area contributed by atoms with Gasteiger partial charge >= 0.3 is 0 Å². The number of para-hydroxylation sites is 5. The second-order valence-electron chi connectivity index (χ2n) is 14.4. The molecule has 0 fully saturated rings. The number of anilines is 3. The molecule has 272 valence electrons. The van der Waals surface area contributed by atoms with Crippen molar-refractivity contribution in [2.45, 2.75) is 0 Å². The Labute approximate surface area is 336 Å². The summed E-state index contributed by atoms with van der Waals surface area (Å²) >= 11 is 1.80. The number of rotatable bonds is 6. The number of furan rings is 1. The van der Waals surface area contributed by atoms with Gasteiger partial charge in [-0.2, -0.15) is 9.97 Å². The highest BCUT2D eigenvalue weighted by Crippen LogP contribution is 2.45. The molecule has 0 aliphatic heterocycles. The van der Waals surface area contributed by atoms with E-state index in [0.29, 0.717) is 17.6 Å². The molecule has 58 heavy (non-hydrogen) atoms. The molecular weight excluding hydrogens is 731 g/mol. The fourth-order valence-corrected chi connectivity index (χ4v) is 9.63. The second-order valence-corrected chi connectivity index (χ2v) is 15.5. The first-order valence-electron chi connectivity index (χ1n) is 19.3. The molecule has 0 aliphatic rings. The molecule has 0 radical (unpaired) electrons. The van der Waals surface area contributed by atoms with E-state index in [2.05, 4.69) is 167 Å². The summed E-state index contributed by atoms with van der Waals surface area (Å²) in [7, 11) is 0. The van der Waals surface area contributed by atoms with Gasteiger partial charge in [-0.25, -0.2) is 4.98 Å². The van der Waals surface area contributed by atoms with Crippen molar-refractivity contribution < 1.29 is 4.42 Å². The first-order chi connectivity index (χ1) is 28.8. The lowest BCUT2D eigenvalue weighted by molar-refractivity contribution is 0.669. The third-order valence-corrected chi connectivity index (χ3v) is 12.2. The summed E-state index contributed by atoms with van der Waals surface area (Å²) in [5, 5.41) is 6.71. The predicted molar refractivity (Wildman–Crippen MR) is 240 cm³/mol. The van der Waals surface area contributed by atoms with Crippen LogP contribution in [0, 0.1) is 0 Å². The van der Waals surface area contributed by atoms with E-state index in [0.717, 1.165) is 77.3 Å². The summed E-state index contributed by atoms with van der Waals surface area (Å²) in [4.78, 5) is 18.5. The van der Waals surface area contributed by atoms with Crippen LogP contribution in [-0.2, 0) is 0 Å². The van der Waals surface area contributed by atoms with Crippen LogP contribution in [0.5, 0.6) is 0 Å². The average Bonchev–Trinajstić information content (AvgIpc) is 3.97. The molecule has 0 bridgehead atoms. The van der Waals surface area contributed by atoms with Crippen LogP contribution in [0.4, 0.5) is 17.3 Å². The summed E-state index contributed by atoms with van der Waals surface area (Å²) in [5.41, 5.74) is 8.60. The van der Waals surface area contributed by atoms with Gasteiger partial charge in [-0.1, -0.05) is 109 Å². The molecule has 0 atom stereocenters. The summed E-state index contributed by atoms with van der Waals surface area (Å²) < 4.78 is 11.0. The predicted octanol–water partition coefficient (Wildman–Crippen LogP) is 14.0. The topological polar surface area (TPSA) is 60.0 Å². The lowest BCUT2D eigenvalue weighted by atomic mass is 10.1. The van der Waals surface area contributed by atoms with E-state index in [4.69, 9.17) is 19.4 Å². The minimum Gasteiger partial charge on any atom is -0.456 e. The zero-order valence-electron chi connectivity index (χ0n) is 31.0. The van der Waals surface area contributed by atoms with Crippen LogP contribution in [0.2, 0.25) is 0 Å². The molecule has 8 aromatic carbocycles. The van der Waals surface area contributed by atoms with Crippen molar-refractivity contribution in [1.82, 2.24) is 19.5 Å². The maximum atomic E-state index is 6.25. The fourth-order valence-electron chi connectivity index (χ4n) is 8.51. The highest BCUT2D eigenvalue weighted by Gasteiger charge is 2.25. The van der Waals surface area contributed by atoms with E-state index in [1.54, 1.807) is 11.3 Å². The zero-order chi connectivity index (χ0) is 38.2. The molecule has 12 rings (SSSR count). The Hall–Kier alpha value is -7.61. The van der Waals surface area contributed by atoms with Gasteiger partial charge in [0.25, 0.3) is 0 Å². The Morgan fingerprint density at radius 1 is 0.483 bits per heavy atom. The Balaban J connectivity index is 1.18. The van der Waals surface area contributed by atoms with Gasteiger partial charge < -0.3 is 8.98 Å². The smallest absolute Gasteiger partial charge is 0.238 e. The molecule has 0 aliphatic carbocycles. The first kappa shape index (κ1) is 32.6. The number of thiophene rings is 1. The largest absolute Gasteiger partial charge is 0.456 e. The third kappa shape index (κ3) is 5.07. The first-order valence-corrected chi connectivity index (χ1v) is 20.1. The van der Waals surface area contributed by atoms with Crippen LogP contribution in [-0.4, -0.2) is 19.5 Å². The lowest BCUT2D eigenvalue weighted by Crippen LogP contribution is -2.15. The van der Waals surface area contributed by atoms with Crippen molar-refractivity contribution in [2.24, 2.45) is 0 Å². The second kappa shape index (κ2) is 13.0. The van der Waals surface area contributed by atoms with Crippen molar-refractivity contribution in [3.63, 3.8) is 0 Å². The van der Waals surface area contributed by atoms with E-state index in [9.17, 15) is 0 Å². The van der Waals surface area contributed by atoms with Crippen LogP contribution in [0.3, 0.4) is 0 Å². The molecule has 4 heterocycles. The minimum absolute atomic E-state index is 0.519. The zero-order valence-corrected chi connectivity index (χ0v) is 31.8. The quantitative estimate of drug-likeness (QED) is 0.169. The van der Waals surface area contributed by atoms with Crippen LogP contribution in [0.15, 0.2) is 192 Å². The molecule has 0 saturated carbocycles. The van der Waals surface area contributed by atoms with E-state index in [1.807, 2.05) is 30.3 Å². The molecule has 0 saturated heterocycles. The van der Waals surface area contributed by atoms with Gasteiger partial charge in [0.1, 0.15) is 11.2 Å². The van der Waals surface area contributed by atoms with Crippen LogP contribution in [0.1, 0.15) is 0 Å². The van der Waals surface area contributed by atoms with Crippen molar-refractivity contribution >= 4 is 92.6 Å². The van der Waals surface area contributed by atoms with Gasteiger partial charge in [-0.3, -0.25) is 4.90 Å². The van der Waals surface area contributed by atoms with E-state index in [-0.39, 0.29) is 0 Å². The highest BCUT2D eigenvalue weighted by atomic mass is 32.1. The molecule has 6 nitrogen and oxygen atoms in total. The molecule has 4 aromatic heterocycles. The Morgan fingerprint density at radius 3 is 2.03 bits per heavy atom. The normalized spacial score (nSPS) is 11.8. The number of benzene rings is 8. The highest BCUT2D eigenvalue weighted by molar-refractivity contribution is 7.26. The third-order valence-electron chi connectivity index (χ3n) is 11.0. The summed E-state index contributed by atoms with van der Waals surface area (Å²) in [5.74, 6) is 1.66. The van der Waals surface area contributed by atoms with Gasteiger partial charge in [-0.15, -0.1) is 11.3 Å². The Kier molecular flexibility index (Phi) is 7.30. The molecule has 0 spiro atoms. The number of hydrogen-bond donors (Lipinski definition) is 0.